The summed E-state index contributed by atoms with van der Waals surface area (Å²) in [4.78, 5) is 13.9. The van der Waals surface area contributed by atoms with E-state index in [-0.39, 0.29) is 12.5 Å². The summed E-state index contributed by atoms with van der Waals surface area (Å²) in [5.41, 5.74) is 0.772. The highest BCUT2D eigenvalue weighted by atomic mass is 35.5. The molecular formula is C13H9ClN2O2S2. The number of ether oxygens (including phenoxy) is 1. The highest BCUT2D eigenvalue weighted by molar-refractivity contribution is 8.26. The molecule has 1 fully saturated rings. The molecule has 0 aromatic heterocycles. The van der Waals surface area contributed by atoms with Crippen LogP contribution in [0.15, 0.2) is 23.1 Å². The summed E-state index contributed by atoms with van der Waals surface area (Å²) in [5, 5.41) is 8.85. The molecule has 7 heteroatoms. The summed E-state index contributed by atoms with van der Waals surface area (Å²) in [5.74, 6) is 0.314. The molecule has 1 heterocycles. The highest BCUT2D eigenvalue weighted by Crippen LogP contribution is 2.33. The quantitative estimate of drug-likeness (QED) is 0.632. The molecule has 0 saturated carbocycles. The molecule has 1 aliphatic heterocycles. The number of amides is 1. The van der Waals surface area contributed by atoms with Crippen molar-refractivity contribution < 1.29 is 9.53 Å². The molecule has 1 saturated heterocycles. The van der Waals surface area contributed by atoms with Crippen LogP contribution < -0.4 is 4.74 Å². The normalized spacial score (nSPS) is 16.6. The fourth-order valence-electron chi connectivity index (χ4n) is 1.53. The standard InChI is InChI=1S/C13H9ClN2O2S2/c1-16-12(17)11(20-13(16)19)7-8-2-3-10(9(14)6-8)18-5-4-15/h2-3,6-7H,5H2,1H3. The molecule has 20 heavy (non-hydrogen) atoms. The van der Waals surface area contributed by atoms with Crippen LogP contribution in [0.4, 0.5) is 0 Å². The fourth-order valence-corrected chi connectivity index (χ4v) is 2.95. The van der Waals surface area contributed by atoms with Crippen molar-refractivity contribution in [2.24, 2.45) is 0 Å². The second kappa shape index (κ2) is 6.27. The third-order valence-corrected chi connectivity index (χ3v) is 4.31. The first kappa shape index (κ1) is 14.9. The van der Waals surface area contributed by atoms with E-state index in [2.05, 4.69) is 0 Å². The minimum Gasteiger partial charge on any atom is -0.477 e. The van der Waals surface area contributed by atoms with Gasteiger partial charge in [-0.2, -0.15) is 5.26 Å². The van der Waals surface area contributed by atoms with Crippen molar-refractivity contribution in [1.82, 2.24) is 4.90 Å². The molecule has 102 valence electrons. The van der Waals surface area contributed by atoms with E-state index in [4.69, 9.17) is 33.8 Å². The van der Waals surface area contributed by atoms with E-state index in [1.165, 1.54) is 16.7 Å². The first-order chi connectivity index (χ1) is 9.52. The zero-order chi connectivity index (χ0) is 14.7. The van der Waals surface area contributed by atoms with Crippen LogP contribution in [0.1, 0.15) is 5.56 Å². The minimum absolute atomic E-state index is 0.0619. The minimum atomic E-state index is -0.124. The lowest BCUT2D eigenvalue weighted by Crippen LogP contribution is -2.22. The number of hydrogen-bond acceptors (Lipinski definition) is 5. The Morgan fingerprint density at radius 1 is 1.60 bits per heavy atom. The van der Waals surface area contributed by atoms with E-state index in [0.717, 1.165) is 5.56 Å². The molecule has 2 rings (SSSR count). The maximum absolute atomic E-state index is 11.9. The fraction of sp³-hybridized carbons (Fsp3) is 0.154. The molecule has 1 aromatic rings. The smallest absolute Gasteiger partial charge is 0.265 e. The topological polar surface area (TPSA) is 53.3 Å². The van der Waals surface area contributed by atoms with E-state index in [9.17, 15) is 4.79 Å². The molecule has 0 spiro atoms. The van der Waals surface area contributed by atoms with E-state index in [1.54, 1.807) is 31.3 Å². The van der Waals surface area contributed by atoms with E-state index >= 15 is 0 Å². The Morgan fingerprint density at radius 2 is 2.35 bits per heavy atom. The molecular weight excluding hydrogens is 316 g/mol. The maximum Gasteiger partial charge on any atom is 0.265 e. The number of nitrogens with zero attached hydrogens (tertiary/aromatic N) is 2. The molecule has 0 aliphatic carbocycles. The summed E-state index contributed by atoms with van der Waals surface area (Å²) >= 11 is 12.4. The molecule has 1 aliphatic rings. The summed E-state index contributed by atoms with van der Waals surface area (Å²) in [6, 6.07) is 6.98. The molecule has 0 bridgehead atoms. The van der Waals surface area contributed by atoms with Gasteiger partial charge in [0, 0.05) is 7.05 Å². The van der Waals surface area contributed by atoms with Crippen molar-refractivity contribution in [3.05, 3.63) is 33.7 Å². The predicted molar refractivity (Wildman–Crippen MR) is 83.5 cm³/mol. The third kappa shape index (κ3) is 3.12. The lowest BCUT2D eigenvalue weighted by Gasteiger charge is -2.05. The first-order valence-electron chi connectivity index (χ1n) is 5.54. The molecule has 1 aromatic carbocycles. The molecule has 0 unspecified atom stereocenters. The van der Waals surface area contributed by atoms with Crippen molar-refractivity contribution in [1.29, 1.82) is 5.26 Å². The van der Waals surface area contributed by atoms with E-state index in [0.29, 0.717) is 20.0 Å². The van der Waals surface area contributed by atoms with Gasteiger partial charge in [-0.1, -0.05) is 41.6 Å². The zero-order valence-corrected chi connectivity index (χ0v) is 12.8. The number of hydrogen-bond donors (Lipinski definition) is 0. The first-order valence-corrected chi connectivity index (χ1v) is 7.14. The highest BCUT2D eigenvalue weighted by Gasteiger charge is 2.28. The van der Waals surface area contributed by atoms with Gasteiger partial charge in [-0.05, 0) is 23.8 Å². The van der Waals surface area contributed by atoms with Crippen LogP contribution in [0, 0.1) is 11.3 Å². The van der Waals surface area contributed by atoms with Gasteiger partial charge in [0.1, 0.15) is 16.1 Å². The number of rotatable bonds is 3. The predicted octanol–water partition coefficient (Wildman–Crippen LogP) is 3.07. The molecule has 0 N–H and O–H groups in total. The van der Waals surface area contributed by atoms with Crippen LogP contribution in [0.2, 0.25) is 5.02 Å². The average Bonchev–Trinajstić information content (AvgIpc) is 2.65. The SMILES string of the molecule is CN1C(=O)C(=Cc2ccc(OCC#N)c(Cl)c2)SC1=S. The van der Waals surface area contributed by atoms with Gasteiger partial charge in [0.15, 0.2) is 6.61 Å². The molecule has 0 atom stereocenters. The van der Waals surface area contributed by atoms with Gasteiger partial charge in [0.25, 0.3) is 5.91 Å². The average molecular weight is 325 g/mol. The van der Waals surface area contributed by atoms with Crippen LogP contribution in [0.25, 0.3) is 6.08 Å². The van der Waals surface area contributed by atoms with Gasteiger partial charge in [0.2, 0.25) is 0 Å². The number of thiocarbonyl (C=S) groups is 1. The van der Waals surface area contributed by atoms with Crippen molar-refractivity contribution >= 4 is 51.9 Å². The number of nitriles is 1. The zero-order valence-electron chi connectivity index (χ0n) is 10.4. The Morgan fingerprint density at radius 3 is 2.90 bits per heavy atom. The van der Waals surface area contributed by atoms with Gasteiger partial charge >= 0.3 is 0 Å². The van der Waals surface area contributed by atoms with E-state index < -0.39 is 0 Å². The summed E-state index contributed by atoms with van der Waals surface area (Å²) in [7, 11) is 1.64. The number of halogens is 1. The van der Waals surface area contributed by atoms with E-state index in [1.807, 2.05) is 6.07 Å². The molecule has 4 nitrogen and oxygen atoms in total. The van der Waals surface area contributed by atoms with Crippen molar-refractivity contribution in [2.45, 2.75) is 0 Å². The second-order valence-corrected chi connectivity index (χ2v) is 5.96. The largest absolute Gasteiger partial charge is 0.477 e. The van der Waals surface area contributed by atoms with Crippen LogP contribution in [0.5, 0.6) is 5.75 Å². The van der Waals surface area contributed by atoms with Crippen LogP contribution in [-0.4, -0.2) is 28.8 Å². The summed E-state index contributed by atoms with van der Waals surface area (Å²) in [6.45, 7) is -0.0619. The lowest BCUT2D eigenvalue weighted by atomic mass is 10.2. The third-order valence-electron chi connectivity index (χ3n) is 2.53. The van der Waals surface area contributed by atoms with Crippen LogP contribution in [-0.2, 0) is 4.79 Å². The van der Waals surface area contributed by atoms with Crippen LogP contribution in [0.3, 0.4) is 0 Å². The van der Waals surface area contributed by atoms with Crippen molar-refractivity contribution in [3.63, 3.8) is 0 Å². The van der Waals surface area contributed by atoms with Gasteiger partial charge in [-0.25, -0.2) is 0 Å². The van der Waals surface area contributed by atoms with Crippen LogP contribution >= 0.6 is 35.6 Å². The summed E-state index contributed by atoms with van der Waals surface area (Å²) < 4.78 is 5.68. The van der Waals surface area contributed by atoms with Gasteiger partial charge in [0.05, 0.1) is 9.93 Å². The number of thioether (sulfide) groups is 1. The number of carbonyl (C=O) groups is 1. The number of likely N-dealkylation sites (N-methyl/N-ethyl adjacent to an activating group) is 1. The van der Waals surface area contributed by atoms with Crippen molar-refractivity contribution in [2.75, 3.05) is 13.7 Å². The molecule has 0 radical (unpaired) electrons. The Bertz CT molecular complexity index is 652. The molecule has 1 amide bonds. The summed E-state index contributed by atoms with van der Waals surface area (Å²) in [6.07, 6.45) is 1.72. The van der Waals surface area contributed by atoms with Gasteiger partial charge < -0.3 is 4.74 Å². The second-order valence-electron chi connectivity index (χ2n) is 3.88. The monoisotopic (exact) mass is 324 g/mol. The number of carbonyl (C=O) groups excluding carboxylic acids is 1. The number of benzene rings is 1. The van der Waals surface area contributed by atoms with Crippen molar-refractivity contribution in [3.8, 4) is 11.8 Å². The Balaban J connectivity index is 2.23. The Hall–Kier alpha value is -1.55. The maximum atomic E-state index is 11.9. The lowest BCUT2D eigenvalue weighted by molar-refractivity contribution is -0.121. The Labute approximate surface area is 131 Å². The van der Waals surface area contributed by atoms with Gasteiger partial charge in [-0.15, -0.1) is 0 Å². The Kier molecular flexibility index (Phi) is 4.65. The van der Waals surface area contributed by atoms with Gasteiger partial charge in [-0.3, -0.25) is 9.69 Å².